The molecule has 0 unspecified atom stereocenters. The topological polar surface area (TPSA) is 15.3 Å². The number of piperidine rings is 1. The molecule has 106 valence electrons. The van der Waals surface area contributed by atoms with Gasteiger partial charge in [0.1, 0.15) is 0 Å². The molecule has 1 aliphatic carbocycles. The van der Waals surface area contributed by atoms with Crippen LogP contribution >= 0.6 is 0 Å². The van der Waals surface area contributed by atoms with Crippen molar-refractivity contribution in [3.8, 4) is 0 Å². The summed E-state index contributed by atoms with van der Waals surface area (Å²) in [4.78, 5) is 2.71. The highest BCUT2D eigenvalue weighted by Gasteiger charge is 2.35. The Labute approximate surface area is 114 Å². The highest BCUT2D eigenvalue weighted by atomic mass is 15.1. The molecule has 18 heavy (non-hydrogen) atoms. The van der Waals surface area contributed by atoms with Gasteiger partial charge in [0.25, 0.3) is 0 Å². The number of hydrogen-bond donors (Lipinski definition) is 1. The van der Waals surface area contributed by atoms with Gasteiger partial charge in [-0.1, -0.05) is 26.2 Å². The fourth-order valence-electron chi connectivity index (χ4n) is 3.81. The van der Waals surface area contributed by atoms with E-state index in [0.717, 1.165) is 12.0 Å². The van der Waals surface area contributed by atoms with Gasteiger partial charge in [-0.3, -0.25) is 0 Å². The summed E-state index contributed by atoms with van der Waals surface area (Å²) in [5, 5.41) is 3.41. The molecule has 1 saturated carbocycles. The fraction of sp³-hybridized carbons (Fsp3) is 1.00. The zero-order chi connectivity index (χ0) is 12.7. The van der Waals surface area contributed by atoms with E-state index in [1.165, 1.54) is 84.0 Å². The van der Waals surface area contributed by atoms with E-state index in [2.05, 4.69) is 17.1 Å². The van der Waals surface area contributed by atoms with Crippen molar-refractivity contribution < 1.29 is 0 Å². The van der Waals surface area contributed by atoms with Crippen molar-refractivity contribution in [3.63, 3.8) is 0 Å². The first-order valence-corrected chi connectivity index (χ1v) is 8.28. The summed E-state index contributed by atoms with van der Waals surface area (Å²) in [5.74, 6) is 0. The van der Waals surface area contributed by atoms with E-state index in [4.69, 9.17) is 0 Å². The molecule has 1 spiro atoms. The van der Waals surface area contributed by atoms with Gasteiger partial charge in [-0.25, -0.2) is 0 Å². The lowest BCUT2D eigenvalue weighted by Crippen LogP contribution is -2.41. The SMILES string of the molecule is CCNCCCCN1CCC2(CCCCC2)CC1. The third-order valence-corrected chi connectivity index (χ3v) is 5.16. The van der Waals surface area contributed by atoms with Crippen LogP contribution in [0.3, 0.4) is 0 Å². The molecule has 2 nitrogen and oxygen atoms in total. The van der Waals surface area contributed by atoms with E-state index in [9.17, 15) is 0 Å². The molecule has 1 heterocycles. The van der Waals surface area contributed by atoms with Crippen LogP contribution < -0.4 is 5.32 Å². The third-order valence-electron chi connectivity index (χ3n) is 5.16. The van der Waals surface area contributed by atoms with E-state index in [1.54, 1.807) is 0 Å². The van der Waals surface area contributed by atoms with Gasteiger partial charge >= 0.3 is 0 Å². The number of nitrogens with zero attached hydrogens (tertiary/aromatic N) is 1. The number of rotatable bonds is 6. The maximum atomic E-state index is 3.41. The Hall–Kier alpha value is -0.0800. The average Bonchev–Trinajstić information content (AvgIpc) is 2.42. The minimum Gasteiger partial charge on any atom is -0.317 e. The zero-order valence-corrected chi connectivity index (χ0v) is 12.3. The van der Waals surface area contributed by atoms with Crippen molar-refractivity contribution in [1.82, 2.24) is 10.2 Å². The Balaban J connectivity index is 1.58. The molecule has 2 aliphatic rings. The molecule has 0 amide bonds. The van der Waals surface area contributed by atoms with Crippen LogP contribution in [0, 0.1) is 5.41 Å². The van der Waals surface area contributed by atoms with Crippen LogP contribution in [-0.2, 0) is 0 Å². The van der Waals surface area contributed by atoms with Crippen LogP contribution in [0.25, 0.3) is 0 Å². The second kappa shape index (κ2) is 7.49. The quantitative estimate of drug-likeness (QED) is 0.729. The summed E-state index contributed by atoms with van der Waals surface area (Å²) in [5.41, 5.74) is 0.776. The minimum absolute atomic E-state index is 0.776. The van der Waals surface area contributed by atoms with Crippen molar-refractivity contribution in [2.75, 3.05) is 32.7 Å². The Bertz CT molecular complexity index is 211. The molecule has 0 radical (unpaired) electrons. The molecule has 2 fully saturated rings. The van der Waals surface area contributed by atoms with Gasteiger partial charge in [0.05, 0.1) is 0 Å². The maximum Gasteiger partial charge on any atom is -0.00134 e. The lowest BCUT2D eigenvalue weighted by molar-refractivity contribution is 0.0671. The molecule has 0 aromatic rings. The third kappa shape index (κ3) is 4.24. The molecule has 1 N–H and O–H groups in total. The van der Waals surface area contributed by atoms with Crippen molar-refractivity contribution in [3.05, 3.63) is 0 Å². The van der Waals surface area contributed by atoms with Crippen LogP contribution in [0.5, 0.6) is 0 Å². The predicted octanol–water partition coefficient (Wildman–Crippen LogP) is 3.42. The molecule has 1 aliphatic heterocycles. The predicted molar refractivity (Wildman–Crippen MR) is 79.0 cm³/mol. The van der Waals surface area contributed by atoms with Crippen molar-refractivity contribution in [2.45, 2.75) is 64.7 Å². The van der Waals surface area contributed by atoms with Crippen LogP contribution in [0.4, 0.5) is 0 Å². The zero-order valence-electron chi connectivity index (χ0n) is 12.3. The largest absolute Gasteiger partial charge is 0.317 e. The monoisotopic (exact) mass is 252 g/mol. The van der Waals surface area contributed by atoms with E-state index >= 15 is 0 Å². The van der Waals surface area contributed by atoms with Gasteiger partial charge in [-0.2, -0.15) is 0 Å². The second-order valence-corrected chi connectivity index (χ2v) is 6.46. The molecule has 0 atom stereocenters. The number of nitrogens with one attached hydrogen (secondary N) is 1. The first-order valence-electron chi connectivity index (χ1n) is 8.28. The van der Waals surface area contributed by atoms with Gasteiger partial charge in [-0.05, 0) is 76.7 Å². The molecular formula is C16H32N2. The van der Waals surface area contributed by atoms with E-state index in [-0.39, 0.29) is 0 Å². The molecule has 0 bridgehead atoms. The van der Waals surface area contributed by atoms with Crippen LogP contribution in [0.1, 0.15) is 64.7 Å². The Morgan fingerprint density at radius 1 is 0.944 bits per heavy atom. The van der Waals surface area contributed by atoms with Crippen LogP contribution in [0.2, 0.25) is 0 Å². The fourth-order valence-corrected chi connectivity index (χ4v) is 3.81. The Kier molecular flexibility index (Phi) is 5.97. The van der Waals surface area contributed by atoms with E-state index < -0.39 is 0 Å². The summed E-state index contributed by atoms with van der Waals surface area (Å²) >= 11 is 0. The Morgan fingerprint density at radius 3 is 2.33 bits per heavy atom. The standard InChI is InChI=1S/C16H32N2/c1-2-17-12-6-7-13-18-14-10-16(11-15-18)8-4-3-5-9-16/h17H,2-15H2,1H3. The van der Waals surface area contributed by atoms with E-state index in [0.29, 0.717) is 0 Å². The van der Waals surface area contributed by atoms with Crippen molar-refractivity contribution in [1.29, 1.82) is 0 Å². The first kappa shape index (κ1) is 14.3. The number of likely N-dealkylation sites (tertiary alicyclic amines) is 1. The maximum absolute atomic E-state index is 3.41. The summed E-state index contributed by atoms with van der Waals surface area (Å²) in [6.07, 6.45) is 13.2. The molecule has 2 heteroatoms. The molecule has 0 aromatic carbocycles. The van der Waals surface area contributed by atoms with Gasteiger partial charge in [0.15, 0.2) is 0 Å². The van der Waals surface area contributed by atoms with Gasteiger partial charge < -0.3 is 10.2 Å². The van der Waals surface area contributed by atoms with Crippen molar-refractivity contribution >= 4 is 0 Å². The Morgan fingerprint density at radius 2 is 1.67 bits per heavy atom. The first-order chi connectivity index (χ1) is 8.85. The average molecular weight is 252 g/mol. The summed E-state index contributed by atoms with van der Waals surface area (Å²) in [6.45, 7) is 8.60. The highest BCUT2D eigenvalue weighted by Crippen LogP contribution is 2.44. The van der Waals surface area contributed by atoms with Crippen LogP contribution in [-0.4, -0.2) is 37.6 Å². The number of unbranched alkanes of at least 4 members (excludes halogenated alkanes) is 1. The minimum atomic E-state index is 0.776. The summed E-state index contributed by atoms with van der Waals surface area (Å²) < 4.78 is 0. The number of hydrogen-bond acceptors (Lipinski definition) is 2. The van der Waals surface area contributed by atoms with Gasteiger partial charge in [-0.15, -0.1) is 0 Å². The second-order valence-electron chi connectivity index (χ2n) is 6.46. The lowest BCUT2D eigenvalue weighted by Gasteiger charge is -2.44. The normalized spacial score (nSPS) is 24.5. The lowest BCUT2D eigenvalue weighted by atomic mass is 9.68. The van der Waals surface area contributed by atoms with Gasteiger partial charge in [0.2, 0.25) is 0 Å². The van der Waals surface area contributed by atoms with Crippen LogP contribution in [0.15, 0.2) is 0 Å². The molecule has 0 aromatic heterocycles. The van der Waals surface area contributed by atoms with Gasteiger partial charge in [0, 0.05) is 0 Å². The molecular weight excluding hydrogens is 220 g/mol. The smallest absolute Gasteiger partial charge is 0.00134 e. The molecule has 1 saturated heterocycles. The summed E-state index contributed by atoms with van der Waals surface area (Å²) in [6, 6.07) is 0. The summed E-state index contributed by atoms with van der Waals surface area (Å²) in [7, 11) is 0. The van der Waals surface area contributed by atoms with Crippen molar-refractivity contribution in [2.24, 2.45) is 5.41 Å². The molecule has 2 rings (SSSR count). The highest BCUT2D eigenvalue weighted by molar-refractivity contribution is 4.88. The van der Waals surface area contributed by atoms with E-state index in [1.807, 2.05) is 0 Å².